The number of aliphatic hydroxyl groups is 1. The van der Waals surface area contributed by atoms with Crippen molar-refractivity contribution in [1.29, 1.82) is 0 Å². The van der Waals surface area contributed by atoms with Crippen molar-refractivity contribution in [2.45, 2.75) is 26.8 Å². The lowest BCUT2D eigenvalue weighted by Gasteiger charge is -2.23. The smallest absolute Gasteiger partial charge is 0.322 e. The molecule has 28 heavy (non-hydrogen) atoms. The first-order valence-corrected chi connectivity index (χ1v) is 9.33. The minimum atomic E-state index is -0.306. The molecular weight excluding hydrogens is 354 g/mol. The normalized spacial score (nSPS) is 10.8. The molecule has 146 valence electrons. The maximum absolute atomic E-state index is 12.7. The zero-order valence-corrected chi connectivity index (χ0v) is 16.2. The molecule has 6 heteroatoms. The number of benzene rings is 2. The predicted octanol–water partition coefficient (Wildman–Crippen LogP) is 3.56. The van der Waals surface area contributed by atoms with E-state index in [1.807, 2.05) is 50.2 Å². The SMILES string of the molecule is Cc1cc(C)c2[nH]c(=O)c(CN(CCCO)C(=O)Nc3ccccc3)cc2c1. The van der Waals surface area contributed by atoms with Crippen LogP contribution in [-0.4, -0.2) is 34.2 Å². The van der Waals surface area contributed by atoms with Crippen LogP contribution in [0.25, 0.3) is 10.9 Å². The largest absolute Gasteiger partial charge is 0.396 e. The summed E-state index contributed by atoms with van der Waals surface area (Å²) < 4.78 is 0. The number of aliphatic hydroxyl groups excluding tert-OH is 1. The van der Waals surface area contributed by atoms with E-state index in [1.54, 1.807) is 17.0 Å². The van der Waals surface area contributed by atoms with Crippen molar-refractivity contribution in [3.8, 4) is 0 Å². The summed E-state index contributed by atoms with van der Waals surface area (Å²) >= 11 is 0. The molecule has 0 spiro atoms. The van der Waals surface area contributed by atoms with Crippen LogP contribution in [0.1, 0.15) is 23.1 Å². The molecule has 0 unspecified atom stereocenters. The summed E-state index contributed by atoms with van der Waals surface area (Å²) in [5.74, 6) is 0. The van der Waals surface area contributed by atoms with E-state index in [1.165, 1.54) is 0 Å². The van der Waals surface area contributed by atoms with Gasteiger partial charge in [0.05, 0.1) is 12.1 Å². The maximum Gasteiger partial charge on any atom is 0.322 e. The third-order valence-corrected chi connectivity index (χ3v) is 4.63. The highest BCUT2D eigenvalue weighted by atomic mass is 16.3. The van der Waals surface area contributed by atoms with Crippen molar-refractivity contribution in [3.05, 3.63) is 75.6 Å². The van der Waals surface area contributed by atoms with E-state index in [-0.39, 0.29) is 24.7 Å². The summed E-state index contributed by atoms with van der Waals surface area (Å²) in [4.78, 5) is 29.8. The number of carbonyl (C=O) groups is 1. The highest BCUT2D eigenvalue weighted by molar-refractivity contribution is 5.89. The number of para-hydroxylation sites is 1. The number of nitrogens with one attached hydrogen (secondary N) is 2. The molecule has 2 aromatic carbocycles. The van der Waals surface area contributed by atoms with Crippen LogP contribution in [-0.2, 0) is 6.54 Å². The fraction of sp³-hybridized carbons (Fsp3) is 0.273. The first-order valence-electron chi connectivity index (χ1n) is 9.33. The topological polar surface area (TPSA) is 85.4 Å². The number of aromatic nitrogens is 1. The molecule has 1 heterocycles. The Morgan fingerprint density at radius 2 is 1.89 bits per heavy atom. The van der Waals surface area contributed by atoms with E-state index in [4.69, 9.17) is 0 Å². The van der Waals surface area contributed by atoms with E-state index in [0.717, 1.165) is 22.0 Å². The van der Waals surface area contributed by atoms with Gasteiger partial charge in [-0.15, -0.1) is 0 Å². The number of aromatic amines is 1. The minimum Gasteiger partial charge on any atom is -0.396 e. The van der Waals surface area contributed by atoms with Gasteiger partial charge in [0.1, 0.15) is 0 Å². The zero-order chi connectivity index (χ0) is 20.1. The molecule has 0 atom stereocenters. The van der Waals surface area contributed by atoms with Gasteiger partial charge in [-0.2, -0.15) is 0 Å². The Morgan fingerprint density at radius 1 is 1.14 bits per heavy atom. The van der Waals surface area contributed by atoms with Crippen molar-refractivity contribution < 1.29 is 9.90 Å². The van der Waals surface area contributed by atoms with Crippen LogP contribution in [0.4, 0.5) is 10.5 Å². The van der Waals surface area contributed by atoms with Crippen molar-refractivity contribution in [3.63, 3.8) is 0 Å². The van der Waals surface area contributed by atoms with E-state index >= 15 is 0 Å². The number of H-pyrrole nitrogens is 1. The molecule has 3 rings (SSSR count). The van der Waals surface area contributed by atoms with Crippen molar-refractivity contribution in [1.82, 2.24) is 9.88 Å². The summed E-state index contributed by atoms with van der Waals surface area (Å²) in [5, 5.41) is 13.0. The number of carbonyl (C=O) groups excluding carboxylic acids is 1. The number of nitrogens with zero attached hydrogens (tertiary/aromatic N) is 1. The van der Waals surface area contributed by atoms with Gasteiger partial charge >= 0.3 is 6.03 Å². The summed E-state index contributed by atoms with van der Waals surface area (Å²) in [6.45, 7) is 4.46. The second-order valence-electron chi connectivity index (χ2n) is 6.96. The van der Waals surface area contributed by atoms with Gasteiger partial charge in [0.2, 0.25) is 0 Å². The lowest BCUT2D eigenvalue weighted by atomic mass is 10.1. The van der Waals surface area contributed by atoms with Gasteiger partial charge < -0.3 is 20.3 Å². The molecule has 0 saturated carbocycles. The average molecular weight is 379 g/mol. The van der Waals surface area contributed by atoms with Crippen LogP contribution < -0.4 is 10.9 Å². The predicted molar refractivity (Wildman–Crippen MR) is 112 cm³/mol. The van der Waals surface area contributed by atoms with E-state index in [0.29, 0.717) is 24.2 Å². The number of urea groups is 1. The first-order chi connectivity index (χ1) is 13.5. The summed E-state index contributed by atoms with van der Waals surface area (Å²) in [6, 6.07) is 14.7. The van der Waals surface area contributed by atoms with Gasteiger partial charge in [0.25, 0.3) is 5.56 Å². The van der Waals surface area contributed by atoms with Crippen LogP contribution in [0, 0.1) is 13.8 Å². The number of amides is 2. The van der Waals surface area contributed by atoms with E-state index in [2.05, 4.69) is 10.3 Å². The molecule has 0 aliphatic heterocycles. The molecule has 0 fully saturated rings. The molecule has 0 radical (unpaired) electrons. The number of fused-ring (bicyclic) bond motifs is 1. The highest BCUT2D eigenvalue weighted by Crippen LogP contribution is 2.19. The molecule has 3 aromatic rings. The third kappa shape index (κ3) is 4.58. The standard InChI is InChI=1S/C22H25N3O3/c1-15-11-16(2)20-17(12-15)13-18(21(27)24-20)14-25(9-6-10-26)22(28)23-19-7-4-3-5-8-19/h3-5,7-8,11-13,26H,6,9-10,14H2,1-2H3,(H,23,28)(H,24,27). The quantitative estimate of drug-likeness (QED) is 0.612. The lowest BCUT2D eigenvalue weighted by molar-refractivity contribution is 0.199. The van der Waals surface area contributed by atoms with Crippen LogP contribution in [0.5, 0.6) is 0 Å². The van der Waals surface area contributed by atoms with Crippen molar-refractivity contribution in [2.24, 2.45) is 0 Å². The zero-order valence-electron chi connectivity index (χ0n) is 16.2. The second kappa shape index (κ2) is 8.71. The number of aryl methyl sites for hydroxylation is 2. The number of hydrogen-bond acceptors (Lipinski definition) is 3. The van der Waals surface area contributed by atoms with Crippen LogP contribution in [0.15, 0.2) is 53.3 Å². The minimum absolute atomic E-state index is 0.0262. The number of pyridine rings is 1. The fourth-order valence-electron chi connectivity index (χ4n) is 3.29. The molecular formula is C22H25N3O3. The molecule has 0 aliphatic carbocycles. The number of hydrogen-bond donors (Lipinski definition) is 3. The van der Waals surface area contributed by atoms with E-state index in [9.17, 15) is 14.7 Å². The Hall–Kier alpha value is -3.12. The number of rotatable bonds is 6. The van der Waals surface area contributed by atoms with Crippen LogP contribution in [0.3, 0.4) is 0 Å². The van der Waals surface area contributed by atoms with E-state index < -0.39 is 0 Å². The first kappa shape index (κ1) is 19.6. The Kier molecular flexibility index (Phi) is 6.11. The van der Waals surface area contributed by atoms with Crippen molar-refractivity contribution >= 4 is 22.6 Å². The average Bonchev–Trinajstić information content (AvgIpc) is 2.66. The molecule has 0 aliphatic rings. The van der Waals surface area contributed by atoms with Gasteiger partial charge in [0.15, 0.2) is 0 Å². The van der Waals surface area contributed by atoms with Gasteiger partial charge in [-0.1, -0.05) is 29.8 Å². The fourth-order valence-corrected chi connectivity index (χ4v) is 3.29. The third-order valence-electron chi connectivity index (χ3n) is 4.63. The van der Waals surface area contributed by atoms with Crippen molar-refractivity contribution in [2.75, 3.05) is 18.5 Å². The lowest BCUT2D eigenvalue weighted by Crippen LogP contribution is -2.37. The van der Waals surface area contributed by atoms with Gasteiger partial charge in [-0.25, -0.2) is 4.79 Å². The Labute approximate surface area is 163 Å². The molecule has 2 amide bonds. The summed E-state index contributed by atoms with van der Waals surface area (Å²) in [5.41, 5.74) is 3.93. The highest BCUT2D eigenvalue weighted by Gasteiger charge is 2.16. The van der Waals surface area contributed by atoms with Gasteiger partial charge in [0, 0.05) is 24.4 Å². The monoisotopic (exact) mass is 379 g/mol. The molecule has 1 aromatic heterocycles. The second-order valence-corrected chi connectivity index (χ2v) is 6.96. The Bertz CT molecular complexity index is 1030. The Balaban J connectivity index is 1.88. The summed E-state index contributed by atoms with van der Waals surface area (Å²) in [7, 11) is 0. The Morgan fingerprint density at radius 3 is 2.61 bits per heavy atom. The molecule has 0 saturated heterocycles. The molecule has 0 bridgehead atoms. The van der Waals surface area contributed by atoms with Crippen LogP contribution in [0.2, 0.25) is 0 Å². The molecule has 3 N–H and O–H groups in total. The maximum atomic E-state index is 12.7. The summed E-state index contributed by atoms with van der Waals surface area (Å²) in [6.07, 6.45) is 0.436. The van der Waals surface area contributed by atoms with Crippen LogP contribution >= 0.6 is 0 Å². The van der Waals surface area contributed by atoms with Gasteiger partial charge in [-0.05, 0) is 55.5 Å². The number of anilines is 1. The van der Waals surface area contributed by atoms with Gasteiger partial charge in [-0.3, -0.25) is 4.79 Å². The molecule has 6 nitrogen and oxygen atoms in total.